The first-order valence-electron chi connectivity index (χ1n) is 27.9. The lowest BCUT2D eigenvalue weighted by molar-refractivity contribution is -0.145. The van der Waals surface area contributed by atoms with E-state index in [2.05, 4.69) is 42.5 Å². The lowest BCUT2D eigenvalue weighted by Gasteiger charge is -2.32. The highest BCUT2D eigenvalue weighted by atomic mass is 16.4. The zero-order chi connectivity index (χ0) is 61.7. The summed E-state index contributed by atoms with van der Waals surface area (Å²) in [5.74, 6) is -12.5. The van der Waals surface area contributed by atoms with Gasteiger partial charge in [-0.25, -0.2) is 4.79 Å². The van der Waals surface area contributed by atoms with Crippen molar-refractivity contribution in [3.63, 3.8) is 0 Å². The molecule has 0 aromatic rings. The van der Waals surface area contributed by atoms with Crippen molar-refractivity contribution < 1.29 is 78.0 Å². The minimum atomic E-state index is -1.71. The Morgan fingerprint density at radius 1 is 0.556 bits per heavy atom. The van der Waals surface area contributed by atoms with Crippen molar-refractivity contribution in [2.24, 2.45) is 40.7 Å². The predicted octanol–water partition coefficient (Wildman–Crippen LogP) is -3.83. The average molecular weight is 1160 g/mol. The zero-order valence-corrected chi connectivity index (χ0v) is 48.0. The van der Waals surface area contributed by atoms with Crippen LogP contribution in [-0.2, 0) is 57.5 Å². The number of aliphatic hydroxyl groups is 2. The first-order chi connectivity index (χ1) is 38.0. The minimum Gasteiger partial charge on any atom is -0.481 e. The van der Waals surface area contributed by atoms with Gasteiger partial charge in [0.1, 0.15) is 60.4 Å². The fourth-order valence-corrected chi connectivity index (χ4v) is 8.80. The molecule has 29 heteroatoms. The van der Waals surface area contributed by atoms with Crippen LogP contribution in [0.5, 0.6) is 0 Å². The number of carboxylic acid groups (broad SMARTS) is 2. The van der Waals surface area contributed by atoms with Crippen LogP contribution in [0.4, 0.5) is 0 Å². The number of aliphatic hydroxyl groups excluding tert-OH is 2. The molecule has 1 heterocycles. The molecule has 29 nitrogen and oxygen atoms in total. The maximum atomic E-state index is 14.4. The highest BCUT2D eigenvalue weighted by Gasteiger charge is 2.42. The third kappa shape index (κ3) is 26.3. The molecule has 0 aromatic heterocycles. The summed E-state index contributed by atoms with van der Waals surface area (Å²) >= 11 is 0. The van der Waals surface area contributed by atoms with E-state index in [0.29, 0.717) is 45.1 Å². The molecule has 1 rings (SSSR count). The van der Waals surface area contributed by atoms with Crippen molar-refractivity contribution in [2.45, 2.75) is 211 Å². The van der Waals surface area contributed by atoms with Gasteiger partial charge in [0.15, 0.2) is 0 Å². The summed E-state index contributed by atoms with van der Waals surface area (Å²) < 4.78 is 0. The van der Waals surface area contributed by atoms with Crippen molar-refractivity contribution in [3.8, 4) is 0 Å². The first kappa shape index (κ1) is 72.5. The van der Waals surface area contributed by atoms with Gasteiger partial charge in [-0.05, 0) is 115 Å². The lowest BCUT2D eigenvalue weighted by Crippen LogP contribution is -2.62. The quantitative estimate of drug-likeness (QED) is 0.0261. The highest BCUT2D eigenvalue weighted by molar-refractivity contribution is 5.99. The Morgan fingerprint density at radius 3 is 1.43 bits per heavy atom. The van der Waals surface area contributed by atoms with Gasteiger partial charge in [-0.2, -0.15) is 0 Å². The Morgan fingerprint density at radius 2 is 0.988 bits per heavy atom. The molecule has 0 bridgehead atoms. The summed E-state index contributed by atoms with van der Waals surface area (Å²) in [6.45, 7) is 11.5. The second kappa shape index (κ2) is 37.5. The first-order valence-corrected chi connectivity index (χ1v) is 27.9. The number of carboxylic acids is 2. The zero-order valence-electron chi connectivity index (χ0n) is 48.0. The summed E-state index contributed by atoms with van der Waals surface area (Å²) in [5, 5.41) is 59.8. The fourth-order valence-electron chi connectivity index (χ4n) is 8.80. The van der Waals surface area contributed by atoms with E-state index < -0.39 is 176 Å². The van der Waals surface area contributed by atoms with Crippen molar-refractivity contribution >= 4 is 71.0 Å². The maximum Gasteiger partial charge on any atom is 0.326 e. The van der Waals surface area contributed by atoms with Crippen molar-refractivity contribution in [2.75, 3.05) is 26.2 Å². The molecule has 12 atom stereocenters. The van der Waals surface area contributed by atoms with Crippen molar-refractivity contribution in [1.82, 2.24) is 47.4 Å². The number of hydrogen-bond acceptors (Lipinski definition) is 17. The topological polar surface area (TPSA) is 489 Å². The Kier molecular flexibility index (Phi) is 33.5. The van der Waals surface area contributed by atoms with Gasteiger partial charge < -0.3 is 90.8 Å². The fraction of sp³-hybridized carbons (Fsp3) is 0.769. The normalized spacial score (nSPS) is 17.3. The van der Waals surface area contributed by atoms with Gasteiger partial charge in [0, 0.05) is 19.4 Å². The number of carbonyl (C=O) groups excluding carboxylic acids is 10. The van der Waals surface area contributed by atoms with Crippen LogP contribution in [0, 0.1) is 17.8 Å². The van der Waals surface area contributed by atoms with Crippen LogP contribution in [0.1, 0.15) is 145 Å². The number of nitrogens with zero attached hydrogens (tertiary/aromatic N) is 1. The van der Waals surface area contributed by atoms with Gasteiger partial charge in [-0.15, -0.1) is 0 Å². The van der Waals surface area contributed by atoms with Crippen LogP contribution in [0.2, 0.25) is 0 Å². The number of rotatable bonds is 40. The molecule has 0 unspecified atom stereocenters. The van der Waals surface area contributed by atoms with E-state index in [9.17, 15) is 78.0 Å². The Balaban J connectivity index is 3.48. The molecule has 1 aliphatic heterocycles. The molecule has 10 amide bonds. The maximum absolute atomic E-state index is 14.4. The number of aliphatic carboxylic acids is 2. The second-order valence-corrected chi connectivity index (χ2v) is 21.5. The van der Waals surface area contributed by atoms with E-state index in [1.54, 1.807) is 41.5 Å². The number of carbonyl (C=O) groups is 12. The molecule has 0 radical (unpaired) electrons. The summed E-state index contributed by atoms with van der Waals surface area (Å²) in [4.78, 5) is 161. The predicted molar refractivity (Wildman–Crippen MR) is 294 cm³/mol. The highest BCUT2D eigenvalue weighted by Crippen LogP contribution is 2.21. The molecule has 1 aliphatic rings. The van der Waals surface area contributed by atoms with Crippen LogP contribution in [-0.4, -0.2) is 189 Å². The van der Waals surface area contributed by atoms with E-state index in [0.717, 1.165) is 4.90 Å². The summed E-state index contributed by atoms with van der Waals surface area (Å²) in [7, 11) is 0. The van der Waals surface area contributed by atoms with Gasteiger partial charge in [-0.1, -0.05) is 48.0 Å². The largest absolute Gasteiger partial charge is 0.481 e. The van der Waals surface area contributed by atoms with Gasteiger partial charge in [0.25, 0.3) is 0 Å². The Bertz CT molecular complexity index is 2120. The molecule has 1 fully saturated rings. The van der Waals surface area contributed by atoms with Crippen molar-refractivity contribution in [1.29, 1.82) is 0 Å². The average Bonchev–Trinajstić information content (AvgIpc) is 3.90. The molecule has 1 saturated heterocycles. The molecular weight excluding hydrogens is 1060 g/mol. The second-order valence-electron chi connectivity index (χ2n) is 21.5. The van der Waals surface area contributed by atoms with Crippen LogP contribution in [0.15, 0.2) is 0 Å². The van der Waals surface area contributed by atoms with Crippen LogP contribution in [0.25, 0.3) is 0 Å². The smallest absolute Gasteiger partial charge is 0.326 e. The molecule has 462 valence electrons. The summed E-state index contributed by atoms with van der Waals surface area (Å²) in [6, 6.07) is -14.1. The van der Waals surface area contributed by atoms with E-state index in [1.165, 1.54) is 6.92 Å². The van der Waals surface area contributed by atoms with Crippen LogP contribution < -0.4 is 65.5 Å². The van der Waals surface area contributed by atoms with Gasteiger partial charge in [-0.3, -0.25) is 52.7 Å². The SMILES string of the molecule is CC[C@H](C)[C@H](NC(=O)[C@H](CC(C)C)NC(=O)[C@@H]1CCCN1C(=O)[C@@H](NC(=O)[C@H](CC(C)C)NC(=O)[C@H](CCC(N)=O)NC(=O)[C@H](CCC(=O)O)NC(=O)[C@H](CCCCN)NC(=O)[C@@H](N)CO)[C@@H](C)O)C(=O)N[C@@H](CCCCN)C(=O)O. The molecule has 20 N–H and O–H groups in total. The van der Waals surface area contributed by atoms with E-state index in [1.807, 2.05) is 0 Å². The minimum absolute atomic E-state index is 0.00163. The van der Waals surface area contributed by atoms with Crippen LogP contribution in [0.3, 0.4) is 0 Å². The van der Waals surface area contributed by atoms with Crippen LogP contribution >= 0.6 is 0 Å². The number of unbranched alkanes of at least 4 members (excludes halogenated alkanes) is 2. The number of likely N-dealkylation sites (tertiary alicyclic amines) is 1. The molecule has 0 spiro atoms. The van der Waals surface area contributed by atoms with Gasteiger partial charge in [0.05, 0.1) is 12.7 Å². The molecule has 0 aliphatic carbocycles. The third-order valence-electron chi connectivity index (χ3n) is 13.6. The molecule has 0 saturated carbocycles. The lowest BCUT2D eigenvalue weighted by atomic mass is 9.96. The van der Waals surface area contributed by atoms with E-state index in [4.69, 9.17) is 22.9 Å². The standard InChI is InChI=1S/C52H93N13O16/c1-8-29(6)41(50(78)60-35(52(80)81)15-10-12-22-54)63-47(75)37(25-28(4)5)62-49(77)38-16-13-23-65(38)51(79)42(30(7)67)64-48(76)36(24-27(2)3)61-46(74)33(17-19-39(56)68)58-45(73)34(18-20-40(69)70)59-44(72)32(14-9-11-21-53)57-43(71)31(55)26-66/h27-38,41-42,66-67H,8-26,53-55H2,1-7H3,(H2,56,68)(H,57,71)(H,58,73)(H,59,72)(H,60,78)(H,61,74)(H,62,77)(H,63,75)(H,64,76)(H,69,70)(H,80,81)/t29-,30+,31-,32-,33-,34-,35-,36-,37-,38-,41-,42-/m0/s1. The Labute approximate surface area is 473 Å². The summed E-state index contributed by atoms with van der Waals surface area (Å²) in [5.41, 5.74) is 22.2. The monoisotopic (exact) mass is 1160 g/mol. The molecule has 81 heavy (non-hydrogen) atoms. The number of amides is 10. The number of nitrogens with two attached hydrogens (primary N) is 4. The summed E-state index contributed by atoms with van der Waals surface area (Å²) in [6.07, 6.45) is -1.06. The number of primary amides is 1. The third-order valence-corrected chi connectivity index (χ3v) is 13.6. The van der Waals surface area contributed by atoms with Gasteiger partial charge in [0.2, 0.25) is 59.1 Å². The number of hydrogen-bond donors (Lipinski definition) is 16. The molecule has 0 aromatic carbocycles. The van der Waals surface area contributed by atoms with Gasteiger partial charge >= 0.3 is 11.9 Å². The molecular formula is C52H93N13O16. The Hall–Kier alpha value is -6.56. The van der Waals surface area contributed by atoms with Crippen molar-refractivity contribution in [3.05, 3.63) is 0 Å². The van der Waals surface area contributed by atoms with E-state index in [-0.39, 0.29) is 57.0 Å². The van der Waals surface area contributed by atoms with E-state index >= 15 is 0 Å². The number of nitrogens with one attached hydrogen (secondary N) is 8.